The Labute approximate surface area is 171 Å². The van der Waals surface area contributed by atoms with Crippen molar-refractivity contribution in [1.82, 2.24) is 0 Å². The van der Waals surface area contributed by atoms with Crippen molar-refractivity contribution in [2.24, 2.45) is 0 Å². The highest BCUT2D eigenvalue weighted by molar-refractivity contribution is 9.10. The van der Waals surface area contributed by atoms with Gasteiger partial charge in [0.15, 0.2) is 0 Å². The molecule has 0 saturated heterocycles. The molecular weight excluding hydrogens is 412 g/mol. The number of hydrogen-bond acceptors (Lipinski definition) is 2. The van der Waals surface area contributed by atoms with Gasteiger partial charge in [-0.1, -0.05) is 76.6 Å². The fourth-order valence-corrected chi connectivity index (χ4v) is 5.01. The summed E-state index contributed by atoms with van der Waals surface area (Å²) in [4.78, 5) is 0. The monoisotopic (exact) mass is 428 g/mol. The maximum Gasteiger partial charge on any atom is 0.278 e. The van der Waals surface area contributed by atoms with E-state index in [0.29, 0.717) is 0 Å². The van der Waals surface area contributed by atoms with Gasteiger partial charge in [0.1, 0.15) is 11.5 Å². The van der Waals surface area contributed by atoms with Crippen LogP contribution in [-0.4, -0.2) is 0 Å². The van der Waals surface area contributed by atoms with Gasteiger partial charge in [-0.15, -0.1) is 0 Å². The second-order valence-corrected chi connectivity index (χ2v) is 8.38. The van der Waals surface area contributed by atoms with E-state index in [1.54, 1.807) is 0 Å². The fraction of sp³-hybridized carbons (Fsp3) is 0.120. The Balaban J connectivity index is 1.67. The third-order valence-corrected chi connectivity index (χ3v) is 6.36. The smallest absolute Gasteiger partial charge is 0.278 e. The van der Waals surface area contributed by atoms with Gasteiger partial charge in [0.2, 0.25) is 0 Å². The minimum Gasteiger partial charge on any atom is -0.448 e. The summed E-state index contributed by atoms with van der Waals surface area (Å²) in [6.07, 6.45) is 0.751. The van der Waals surface area contributed by atoms with Gasteiger partial charge >= 0.3 is 0 Å². The van der Waals surface area contributed by atoms with E-state index in [1.165, 1.54) is 21.9 Å². The molecule has 4 aromatic carbocycles. The van der Waals surface area contributed by atoms with Crippen LogP contribution in [-0.2, 0) is 5.79 Å². The quantitative estimate of drug-likeness (QED) is 0.333. The molecule has 4 aromatic rings. The zero-order valence-corrected chi connectivity index (χ0v) is 16.6. The number of hydrogen-bond donors (Lipinski definition) is 0. The maximum atomic E-state index is 6.64. The van der Waals surface area contributed by atoms with Gasteiger partial charge in [0.05, 0.1) is 0 Å². The summed E-state index contributed by atoms with van der Waals surface area (Å²) in [5.74, 6) is 1.20. The second-order valence-electron chi connectivity index (χ2n) is 7.46. The van der Waals surface area contributed by atoms with Gasteiger partial charge < -0.3 is 9.47 Å². The molecule has 0 fully saturated rings. The first kappa shape index (κ1) is 16.2. The van der Waals surface area contributed by atoms with Crippen molar-refractivity contribution in [2.45, 2.75) is 18.1 Å². The Hall–Kier alpha value is -2.78. The molecule has 0 radical (unpaired) electrons. The van der Waals surface area contributed by atoms with Crippen LogP contribution in [0.3, 0.4) is 0 Å². The topological polar surface area (TPSA) is 18.5 Å². The molecule has 2 heterocycles. The summed E-state index contributed by atoms with van der Waals surface area (Å²) >= 11 is 3.64. The first-order valence-corrected chi connectivity index (χ1v) is 10.3. The number of halogens is 1. The van der Waals surface area contributed by atoms with Crippen molar-refractivity contribution >= 4 is 26.7 Å². The predicted octanol–water partition coefficient (Wildman–Crippen LogP) is 6.76. The van der Waals surface area contributed by atoms with Crippen molar-refractivity contribution < 1.29 is 9.47 Å². The lowest BCUT2D eigenvalue weighted by Gasteiger charge is -2.46. The third-order valence-electron chi connectivity index (χ3n) is 5.86. The van der Waals surface area contributed by atoms with Gasteiger partial charge in [-0.2, -0.15) is 0 Å². The van der Waals surface area contributed by atoms with Crippen molar-refractivity contribution in [2.75, 3.05) is 0 Å². The van der Waals surface area contributed by atoms with Gasteiger partial charge in [0, 0.05) is 33.5 Å². The number of benzene rings is 4. The van der Waals surface area contributed by atoms with Gasteiger partial charge in [0.25, 0.3) is 5.79 Å². The average molecular weight is 429 g/mol. The highest BCUT2D eigenvalue weighted by Gasteiger charge is 2.50. The Morgan fingerprint density at radius 1 is 0.786 bits per heavy atom. The molecule has 0 N–H and O–H groups in total. The minimum atomic E-state index is -0.803. The molecule has 2 bridgehead atoms. The molecule has 2 nitrogen and oxygen atoms in total. The van der Waals surface area contributed by atoms with Crippen LogP contribution >= 0.6 is 15.9 Å². The lowest BCUT2D eigenvalue weighted by Crippen LogP contribution is -2.46. The van der Waals surface area contributed by atoms with E-state index >= 15 is 0 Å². The Kier molecular flexibility index (Phi) is 3.39. The highest BCUT2D eigenvalue weighted by atomic mass is 79.9. The predicted molar refractivity (Wildman–Crippen MR) is 114 cm³/mol. The summed E-state index contributed by atoms with van der Waals surface area (Å²) in [6.45, 7) is 0. The lowest BCUT2D eigenvalue weighted by molar-refractivity contribution is -0.148. The van der Waals surface area contributed by atoms with E-state index in [1.807, 2.05) is 30.3 Å². The van der Waals surface area contributed by atoms with Crippen LogP contribution < -0.4 is 9.47 Å². The van der Waals surface area contributed by atoms with Crippen LogP contribution in [0.15, 0.2) is 89.4 Å². The van der Waals surface area contributed by atoms with Crippen LogP contribution in [0.4, 0.5) is 0 Å². The van der Waals surface area contributed by atoms with Crippen molar-refractivity contribution in [1.29, 1.82) is 0 Å². The standard InChI is InChI=1S/C25H17BrO2/c26-18-11-13-22-20(14-18)21-15-25(27-22,17-7-2-1-3-8-17)28-23-12-10-16-6-4-5-9-19(16)24(21)23/h1-14,21H,15H2/t21-,25-/m1/s1. The molecule has 3 heteroatoms. The minimum absolute atomic E-state index is 0.205. The Morgan fingerprint density at radius 3 is 2.43 bits per heavy atom. The van der Waals surface area contributed by atoms with E-state index in [2.05, 4.69) is 70.5 Å². The first-order chi connectivity index (χ1) is 13.7. The molecule has 2 atom stereocenters. The van der Waals surface area contributed by atoms with Crippen LogP contribution in [0.25, 0.3) is 10.8 Å². The average Bonchev–Trinajstić information content (AvgIpc) is 2.74. The molecule has 0 aromatic heterocycles. The molecule has 0 aliphatic carbocycles. The van der Waals surface area contributed by atoms with Crippen LogP contribution in [0.5, 0.6) is 11.5 Å². The van der Waals surface area contributed by atoms with Gasteiger partial charge in [-0.25, -0.2) is 0 Å². The Morgan fingerprint density at radius 2 is 1.54 bits per heavy atom. The van der Waals surface area contributed by atoms with E-state index in [9.17, 15) is 0 Å². The van der Waals surface area contributed by atoms with E-state index in [-0.39, 0.29) is 5.92 Å². The van der Waals surface area contributed by atoms with Crippen LogP contribution in [0, 0.1) is 0 Å². The van der Waals surface area contributed by atoms with Gasteiger partial charge in [-0.3, -0.25) is 0 Å². The maximum absolute atomic E-state index is 6.64. The number of fused-ring (bicyclic) bond motifs is 8. The summed E-state index contributed by atoms with van der Waals surface area (Å²) in [6, 6.07) is 29.3. The number of ether oxygens (including phenoxy) is 2. The second kappa shape index (κ2) is 5.86. The van der Waals surface area contributed by atoms with Crippen molar-refractivity contribution in [3.63, 3.8) is 0 Å². The normalized spacial score (nSPS) is 22.0. The summed E-state index contributed by atoms with van der Waals surface area (Å²) in [7, 11) is 0. The summed E-state index contributed by atoms with van der Waals surface area (Å²) < 4.78 is 14.3. The molecule has 28 heavy (non-hydrogen) atoms. The molecule has 2 aliphatic rings. The van der Waals surface area contributed by atoms with E-state index in [0.717, 1.165) is 28.0 Å². The fourth-order valence-electron chi connectivity index (χ4n) is 4.63. The van der Waals surface area contributed by atoms with Crippen molar-refractivity contribution in [3.05, 3.63) is 106 Å². The number of rotatable bonds is 1. The van der Waals surface area contributed by atoms with Crippen LogP contribution in [0.1, 0.15) is 29.0 Å². The molecule has 0 amide bonds. The SMILES string of the molecule is Brc1ccc2c(c1)[C@H]1C[C@@](c3ccccc3)(O2)Oc2ccc3ccccc3c21. The molecule has 0 spiro atoms. The first-order valence-electron chi connectivity index (χ1n) is 9.48. The largest absolute Gasteiger partial charge is 0.448 e. The van der Waals surface area contributed by atoms with Gasteiger partial charge in [-0.05, 0) is 35.0 Å². The highest BCUT2D eigenvalue weighted by Crippen LogP contribution is 2.56. The van der Waals surface area contributed by atoms with E-state index < -0.39 is 5.79 Å². The zero-order chi connectivity index (χ0) is 18.7. The molecule has 0 unspecified atom stereocenters. The molecule has 6 rings (SSSR count). The third kappa shape index (κ3) is 2.26. The summed E-state index contributed by atoms with van der Waals surface area (Å²) in [5, 5.41) is 2.49. The van der Waals surface area contributed by atoms with Crippen molar-refractivity contribution in [3.8, 4) is 11.5 Å². The lowest BCUT2D eigenvalue weighted by atomic mass is 9.77. The zero-order valence-electron chi connectivity index (χ0n) is 15.1. The molecular formula is C25H17BrO2. The molecule has 0 saturated carbocycles. The van der Waals surface area contributed by atoms with Crippen LogP contribution in [0.2, 0.25) is 0 Å². The molecule has 136 valence electrons. The summed E-state index contributed by atoms with van der Waals surface area (Å²) in [5.41, 5.74) is 3.52. The van der Waals surface area contributed by atoms with E-state index in [4.69, 9.17) is 9.47 Å². The molecule has 2 aliphatic heterocycles. The Bertz CT molecular complexity index is 1220.